The number of carbonyl (C=O) groups excluding carboxylic acids is 2. The van der Waals surface area contributed by atoms with Crippen LogP contribution in [-0.4, -0.2) is 45.6 Å². The molecule has 0 fully saturated rings. The van der Waals surface area contributed by atoms with Gasteiger partial charge in [0.05, 0.1) is 27.0 Å². The van der Waals surface area contributed by atoms with E-state index >= 15 is 0 Å². The molecular weight excluding hydrogens is 366 g/mol. The number of carbonyl (C=O) groups is 2. The molecule has 146 valence electrons. The molecule has 2 N–H and O–H groups in total. The van der Waals surface area contributed by atoms with E-state index in [2.05, 4.69) is 15.8 Å². The Balaban J connectivity index is 1.49. The lowest BCUT2D eigenvalue weighted by Crippen LogP contribution is -2.34. The molecule has 0 aromatic heterocycles. The maximum Gasteiger partial charge on any atom is 0.259 e. The van der Waals surface area contributed by atoms with Crippen LogP contribution < -0.4 is 29.7 Å². The number of ether oxygens (including phenoxy) is 4. The van der Waals surface area contributed by atoms with Crippen LogP contribution in [0.15, 0.2) is 41.5 Å². The Kier molecular flexibility index (Phi) is 5.95. The average molecular weight is 385 g/mol. The van der Waals surface area contributed by atoms with Crippen molar-refractivity contribution in [2.75, 3.05) is 27.6 Å². The Labute approximate surface area is 161 Å². The normalized spacial score (nSPS) is 11.9. The van der Waals surface area contributed by atoms with E-state index in [-0.39, 0.29) is 13.3 Å². The van der Waals surface area contributed by atoms with E-state index in [0.717, 1.165) is 0 Å². The van der Waals surface area contributed by atoms with Crippen molar-refractivity contribution in [3.8, 4) is 23.0 Å². The Hall–Kier alpha value is -3.75. The molecule has 9 nitrogen and oxygen atoms in total. The number of benzene rings is 2. The van der Waals surface area contributed by atoms with Crippen LogP contribution in [0.3, 0.4) is 0 Å². The summed E-state index contributed by atoms with van der Waals surface area (Å²) in [7, 11) is 3.08. The highest BCUT2D eigenvalue weighted by molar-refractivity contribution is 5.97. The van der Waals surface area contributed by atoms with Crippen molar-refractivity contribution in [3.05, 3.63) is 47.5 Å². The number of nitrogens with one attached hydrogen (secondary N) is 2. The third kappa shape index (κ3) is 4.50. The van der Waals surface area contributed by atoms with Gasteiger partial charge in [-0.05, 0) is 42.0 Å². The summed E-state index contributed by atoms with van der Waals surface area (Å²) in [6, 6.07) is 10.0. The zero-order valence-electron chi connectivity index (χ0n) is 15.4. The van der Waals surface area contributed by atoms with Crippen LogP contribution in [0, 0.1) is 0 Å². The van der Waals surface area contributed by atoms with E-state index in [9.17, 15) is 9.59 Å². The number of hydrogen-bond donors (Lipinski definition) is 2. The van der Waals surface area contributed by atoms with Crippen LogP contribution in [0.2, 0.25) is 0 Å². The molecule has 28 heavy (non-hydrogen) atoms. The van der Waals surface area contributed by atoms with Crippen molar-refractivity contribution in [2.45, 2.75) is 0 Å². The maximum atomic E-state index is 12.1. The molecule has 0 radical (unpaired) electrons. The third-order valence-electron chi connectivity index (χ3n) is 3.85. The molecule has 0 bridgehead atoms. The first-order valence-corrected chi connectivity index (χ1v) is 8.32. The SMILES string of the molecule is COc1ccc(/C=N\NC(=O)CNC(=O)c2ccc3c(c2)OCO3)cc1OC. The number of nitrogens with zero attached hydrogens (tertiary/aromatic N) is 1. The number of methoxy groups -OCH3 is 2. The highest BCUT2D eigenvalue weighted by Crippen LogP contribution is 2.32. The van der Waals surface area contributed by atoms with Crippen molar-refractivity contribution in [2.24, 2.45) is 5.10 Å². The molecule has 0 aliphatic carbocycles. The number of hydrogen-bond acceptors (Lipinski definition) is 7. The van der Waals surface area contributed by atoms with Crippen LogP contribution in [0.25, 0.3) is 0 Å². The van der Waals surface area contributed by atoms with Crippen molar-refractivity contribution in [3.63, 3.8) is 0 Å². The smallest absolute Gasteiger partial charge is 0.259 e. The van der Waals surface area contributed by atoms with Gasteiger partial charge in [0.1, 0.15) is 0 Å². The maximum absolute atomic E-state index is 12.1. The van der Waals surface area contributed by atoms with Gasteiger partial charge >= 0.3 is 0 Å². The van der Waals surface area contributed by atoms with Crippen LogP contribution in [0.1, 0.15) is 15.9 Å². The predicted octanol–water partition coefficient (Wildman–Crippen LogP) is 1.31. The predicted molar refractivity (Wildman–Crippen MR) is 100 cm³/mol. The molecular formula is C19H19N3O6. The minimum Gasteiger partial charge on any atom is -0.493 e. The zero-order chi connectivity index (χ0) is 19.9. The Morgan fingerprint density at radius 1 is 1.07 bits per heavy atom. The largest absolute Gasteiger partial charge is 0.493 e. The summed E-state index contributed by atoms with van der Waals surface area (Å²) >= 11 is 0. The highest BCUT2D eigenvalue weighted by Gasteiger charge is 2.16. The van der Waals surface area contributed by atoms with E-state index in [0.29, 0.717) is 34.1 Å². The van der Waals surface area contributed by atoms with E-state index in [1.54, 1.807) is 43.5 Å². The minimum atomic E-state index is -0.467. The van der Waals surface area contributed by atoms with E-state index in [4.69, 9.17) is 18.9 Å². The standard InChI is InChI=1S/C19H19N3O6/c1-25-14-5-3-12(7-16(14)26-2)9-21-22-18(23)10-20-19(24)13-4-6-15-17(8-13)28-11-27-15/h3-9H,10-11H2,1-2H3,(H,20,24)(H,22,23)/b21-9-. The van der Waals surface area contributed by atoms with Crippen LogP contribution in [0.5, 0.6) is 23.0 Å². The van der Waals surface area contributed by atoms with Crippen molar-refractivity contribution < 1.29 is 28.5 Å². The van der Waals surface area contributed by atoms with Crippen LogP contribution in [-0.2, 0) is 4.79 Å². The van der Waals surface area contributed by atoms with Gasteiger partial charge in [0.2, 0.25) is 6.79 Å². The molecule has 0 atom stereocenters. The van der Waals surface area contributed by atoms with Crippen LogP contribution in [0.4, 0.5) is 0 Å². The summed E-state index contributed by atoms with van der Waals surface area (Å²) < 4.78 is 20.8. The first kappa shape index (κ1) is 19.0. The molecule has 3 rings (SSSR count). The lowest BCUT2D eigenvalue weighted by molar-refractivity contribution is -0.120. The first-order chi connectivity index (χ1) is 13.6. The highest BCUT2D eigenvalue weighted by atomic mass is 16.7. The zero-order valence-corrected chi connectivity index (χ0v) is 15.4. The molecule has 2 aromatic carbocycles. The Bertz CT molecular complexity index is 913. The van der Waals surface area contributed by atoms with Gasteiger partial charge in [-0.15, -0.1) is 0 Å². The van der Waals surface area contributed by atoms with Crippen molar-refractivity contribution >= 4 is 18.0 Å². The fourth-order valence-electron chi connectivity index (χ4n) is 2.45. The van der Waals surface area contributed by atoms with Gasteiger partial charge in [0.15, 0.2) is 23.0 Å². The molecule has 0 saturated heterocycles. The summed E-state index contributed by atoms with van der Waals surface area (Å²) in [5.74, 6) is 1.35. The second-order valence-electron chi connectivity index (χ2n) is 5.66. The molecule has 9 heteroatoms. The Morgan fingerprint density at radius 2 is 1.86 bits per heavy atom. The van der Waals surface area contributed by atoms with Gasteiger partial charge in [-0.1, -0.05) is 0 Å². The summed E-state index contributed by atoms with van der Waals surface area (Å²) in [6.45, 7) is -0.0998. The lowest BCUT2D eigenvalue weighted by Gasteiger charge is -2.07. The molecule has 1 heterocycles. The first-order valence-electron chi connectivity index (χ1n) is 8.32. The summed E-state index contributed by atoms with van der Waals surface area (Å²) in [5, 5.41) is 6.38. The number of fused-ring (bicyclic) bond motifs is 1. The van der Waals surface area contributed by atoms with E-state index < -0.39 is 11.8 Å². The second-order valence-corrected chi connectivity index (χ2v) is 5.66. The van der Waals surface area contributed by atoms with Gasteiger partial charge in [-0.25, -0.2) is 5.43 Å². The van der Waals surface area contributed by atoms with Gasteiger partial charge in [0, 0.05) is 5.56 Å². The van der Waals surface area contributed by atoms with Gasteiger partial charge in [0.25, 0.3) is 11.8 Å². The molecule has 2 amide bonds. The number of rotatable bonds is 7. The van der Waals surface area contributed by atoms with E-state index in [1.165, 1.54) is 13.3 Å². The minimum absolute atomic E-state index is 0.126. The fourth-order valence-corrected chi connectivity index (χ4v) is 2.45. The van der Waals surface area contributed by atoms with E-state index in [1.807, 2.05) is 0 Å². The molecule has 0 unspecified atom stereocenters. The summed E-state index contributed by atoms with van der Waals surface area (Å²) in [5.41, 5.74) is 3.42. The average Bonchev–Trinajstić information content (AvgIpc) is 3.19. The quantitative estimate of drug-likeness (QED) is 0.550. The lowest BCUT2D eigenvalue weighted by atomic mass is 10.2. The molecule has 1 aliphatic heterocycles. The summed E-state index contributed by atoms with van der Waals surface area (Å²) in [4.78, 5) is 24.0. The molecule has 0 spiro atoms. The number of amides is 2. The topological polar surface area (TPSA) is 107 Å². The molecule has 1 aliphatic rings. The van der Waals surface area contributed by atoms with Gasteiger partial charge in [-0.2, -0.15) is 5.10 Å². The second kappa shape index (κ2) is 8.76. The van der Waals surface area contributed by atoms with Crippen LogP contribution >= 0.6 is 0 Å². The van der Waals surface area contributed by atoms with Crippen molar-refractivity contribution in [1.29, 1.82) is 0 Å². The van der Waals surface area contributed by atoms with Crippen molar-refractivity contribution in [1.82, 2.24) is 10.7 Å². The third-order valence-corrected chi connectivity index (χ3v) is 3.85. The fraction of sp³-hybridized carbons (Fsp3) is 0.211. The Morgan fingerprint density at radius 3 is 2.64 bits per heavy atom. The summed E-state index contributed by atoms with van der Waals surface area (Å²) in [6.07, 6.45) is 1.46. The molecule has 2 aromatic rings. The number of hydrazone groups is 1. The van der Waals surface area contributed by atoms with Gasteiger partial charge < -0.3 is 24.3 Å². The monoisotopic (exact) mass is 385 g/mol. The van der Waals surface area contributed by atoms with Gasteiger partial charge in [-0.3, -0.25) is 9.59 Å². The molecule has 0 saturated carbocycles.